The second kappa shape index (κ2) is 7.24. The number of anilines is 1. The Morgan fingerprint density at radius 2 is 2.18 bits per heavy atom. The van der Waals surface area contributed by atoms with Gasteiger partial charge in [0.25, 0.3) is 0 Å². The topological polar surface area (TPSA) is 46.2 Å². The summed E-state index contributed by atoms with van der Waals surface area (Å²) in [6, 6.07) is 6.47. The van der Waals surface area contributed by atoms with Crippen molar-refractivity contribution in [3.63, 3.8) is 0 Å². The summed E-state index contributed by atoms with van der Waals surface area (Å²) in [5.41, 5.74) is 0.969. The molecule has 1 heterocycles. The Labute approximate surface area is 140 Å². The third kappa shape index (κ3) is 3.87. The standard InChI is InChI=1S/C16H21N3OS2/c1-2-20-12-8-9-13-14(10-12)22-16(18-13)19-15(21)17-11-6-4-3-5-7-11/h8-11H,2-7H2,1H3,(H2,17,18,19,21). The van der Waals surface area contributed by atoms with Crippen LogP contribution in [0.3, 0.4) is 0 Å². The molecule has 3 rings (SSSR count). The van der Waals surface area contributed by atoms with Crippen LogP contribution in [0.2, 0.25) is 0 Å². The molecule has 1 saturated carbocycles. The van der Waals surface area contributed by atoms with Gasteiger partial charge in [-0.05, 0) is 50.2 Å². The Balaban J connectivity index is 1.64. The maximum atomic E-state index is 5.53. The molecule has 0 atom stereocenters. The Morgan fingerprint density at radius 3 is 2.95 bits per heavy atom. The minimum absolute atomic E-state index is 0.507. The first-order chi connectivity index (χ1) is 10.7. The lowest BCUT2D eigenvalue weighted by molar-refractivity contribution is 0.341. The van der Waals surface area contributed by atoms with Crippen molar-refractivity contribution in [2.24, 2.45) is 0 Å². The summed E-state index contributed by atoms with van der Waals surface area (Å²) < 4.78 is 6.63. The van der Waals surface area contributed by atoms with Crippen molar-refractivity contribution in [2.45, 2.75) is 45.1 Å². The molecule has 6 heteroatoms. The van der Waals surface area contributed by atoms with Gasteiger partial charge in [0.05, 0.1) is 16.8 Å². The van der Waals surface area contributed by atoms with Crippen LogP contribution < -0.4 is 15.4 Å². The first-order valence-corrected chi connectivity index (χ1v) is 9.08. The van der Waals surface area contributed by atoms with E-state index < -0.39 is 0 Å². The van der Waals surface area contributed by atoms with E-state index in [9.17, 15) is 0 Å². The number of thiocarbonyl (C=S) groups is 1. The first kappa shape index (κ1) is 15.5. The van der Waals surface area contributed by atoms with E-state index >= 15 is 0 Å². The molecule has 22 heavy (non-hydrogen) atoms. The lowest BCUT2D eigenvalue weighted by Crippen LogP contribution is -2.38. The highest BCUT2D eigenvalue weighted by Crippen LogP contribution is 2.29. The van der Waals surface area contributed by atoms with E-state index in [0.29, 0.717) is 17.8 Å². The largest absolute Gasteiger partial charge is 0.494 e. The summed E-state index contributed by atoms with van der Waals surface area (Å²) in [5.74, 6) is 0.883. The molecule has 0 aliphatic heterocycles. The Morgan fingerprint density at radius 1 is 1.36 bits per heavy atom. The quantitative estimate of drug-likeness (QED) is 0.815. The number of fused-ring (bicyclic) bond motifs is 1. The van der Waals surface area contributed by atoms with Gasteiger partial charge in [0, 0.05) is 6.04 Å². The normalized spacial score (nSPS) is 15.7. The maximum Gasteiger partial charge on any atom is 0.190 e. The number of rotatable bonds is 4. The summed E-state index contributed by atoms with van der Waals surface area (Å²) >= 11 is 7.01. The maximum absolute atomic E-state index is 5.53. The van der Waals surface area contributed by atoms with Crippen LogP contribution in [-0.4, -0.2) is 22.7 Å². The number of aromatic nitrogens is 1. The van der Waals surface area contributed by atoms with Crippen LogP contribution in [-0.2, 0) is 0 Å². The predicted molar refractivity (Wildman–Crippen MR) is 97.0 cm³/mol. The molecule has 0 radical (unpaired) electrons. The zero-order chi connectivity index (χ0) is 15.4. The molecular weight excluding hydrogens is 314 g/mol. The van der Waals surface area contributed by atoms with Crippen LogP contribution in [0.1, 0.15) is 39.0 Å². The molecule has 4 nitrogen and oxygen atoms in total. The van der Waals surface area contributed by atoms with Gasteiger partial charge in [0.15, 0.2) is 10.2 Å². The fourth-order valence-electron chi connectivity index (χ4n) is 2.78. The van der Waals surface area contributed by atoms with Gasteiger partial charge in [-0.25, -0.2) is 4.98 Å². The van der Waals surface area contributed by atoms with Crippen molar-refractivity contribution in [1.82, 2.24) is 10.3 Å². The number of benzene rings is 1. The highest BCUT2D eigenvalue weighted by atomic mass is 32.1. The number of hydrogen-bond donors (Lipinski definition) is 2. The SMILES string of the molecule is CCOc1ccc2nc(NC(=S)NC3CCCCC3)sc2c1. The monoisotopic (exact) mass is 335 g/mol. The van der Waals surface area contributed by atoms with Crippen molar-refractivity contribution < 1.29 is 4.74 Å². The molecular formula is C16H21N3OS2. The second-order valence-electron chi connectivity index (χ2n) is 5.51. The molecule has 2 aromatic rings. The van der Waals surface area contributed by atoms with Crippen LogP contribution in [0.4, 0.5) is 5.13 Å². The van der Waals surface area contributed by atoms with Crippen molar-refractivity contribution in [2.75, 3.05) is 11.9 Å². The van der Waals surface area contributed by atoms with Crippen LogP contribution in [0.5, 0.6) is 5.75 Å². The third-order valence-corrected chi connectivity index (χ3v) is 4.99. The molecule has 1 aromatic heterocycles. The average molecular weight is 335 g/mol. The van der Waals surface area contributed by atoms with E-state index in [4.69, 9.17) is 17.0 Å². The highest BCUT2D eigenvalue weighted by Gasteiger charge is 2.14. The third-order valence-electron chi connectivity index (χ3n) is 3.83. The lowest BCUT2D eigenvalue weighted by atomic mass is 9.96. The van der Waals surface area contributed by atoms with Gasteiger partial charge in [-0.1, -0.05) is 30.6 Å². The zero-order valence-corrected chi connectivity index (χ0v) is 14.4. The molecule has 0 unspecified atom stereocenters. The highest BCUT2D eigenvalue weighted by molar-refractivity contribution is 7.80. The summed E-state index contributed by atoms with van der Waals surface area (Å²) in [6.07, 6.45) is 6.35. The van der Waals surface area contributed by atoms with Crippen LogP contribution >= 0.6 is 23.6 Å². The fourth-order valence-corrected chi connectivity index (χ4v) is 4.01. The molecule has 1 aliphatic rings. The molecule has 1 fully saturated rings. The van der Waals surface area contributed by atoms with Crippen molar-refractivity contribution in [1.29, 1.82) is 0 Å². The minimum atomic E-state index is 0.507. The van der Waals surface area contributed by atoms with Gasteiger partial charge in [0.1, 0.15) is 5.75 Å². The Kier molecular flexibility index (Phi) is 5.10. The number of nitrogens with zero attached hydrogens (tertiary/aromatic N) is 1. The van der Waals surface area contributed by atoms with Gasteiger partial charge in [-0.15, -0.1) is 0 Å². The van der Waals surface area contributed by atoms with Crippen LogP contribution in [0, 0.1) is 0 Å². The van der Waals surface area contributed by atoms with Gasteiger partial charge in [0.2, 0.25) is 0 Å². The number of hydrogen-bond acceptors (Lipinski definition) is 4. The smallest absolute Gasteiger partial charge is 0.190 e. The molecule has 0 saturated heterocycles. The molecule has 0 spiro atoms. The van der Waals surface area contributed by atoms with Gasteiger partial charge in [-0.3, -0.25) is 0 Å². The van der Waals surface area contributed by atoms with E-state index in [1.165, 1.54) is 32.1 Å². The number of thiazole rings is 1. The summed E-state index contributed by atoms with van der Waals surface area (Å²) in [7, 11) is 0. The predicted octanol–water partition coefficient (Wildman–Crippen LogP) is 4.31. The molecule has 118 valence electrons. The van der Waals surface area contributed by atoms with Gasteiger partial charge >= 0.3 is 0 Å². The molecule has 2 N–H and O–H groups in total. The van der Waals surface area contributed by atoms with E-state index in [1.54, 1.807) is 11.3 Å². The Hall–Kier alpha value is -1.40. The van der Waals surface area contributed by atoms with Crippen molar-refractivity contribution >= 4 is 44.0 Å². The summed E-state index contributed by atoms with van der Waals surface area (Å²) in [4.78, 5) is 4.57. The summed E-state index contributed by atoms with van der Waals surface area (Å²) in [5, 5.41) is 8.13. The number of ether oxygens (including phenoxy) is 1. The van der Waals surface area contributed by atoms with Gasteiger partial charge in [-0.2, -0.15) is 0 Å². The molecule has 0 amide bonds. The number of nitrogens with one attached hydrogen (secondary N) is 2. The first-order valence-electron chi connectivity index (χ1n) is 7.85. The average Bonchev–Trinajstić information content (AvgIpc) is 2.89. The molecule has 0 bridgehead atoms. The minimum Gasteiger partial charge on any atom is -0.494 e. The Bertz CT molecular complexity index is 650. The van der Waals surface area contributed by atoms with Crippen molar-refractivity contribution in [3.8, 4) is 5.75 Å². The van der Waals surface area contributed by atoms with E-state index in [0.717, 1.165) is 21.1 Å². The second-order valence-corrected chi connectivity index (χ2v) is 6.95. The van der Waals surface area contributed by atoms with Gasteiger partial charge < -0.3 is 15.4 Å². The van der Waals surface area contributed by atoms with Crippen LogP contribution in [0.25, 0.3) is 10.2 Å². The fraction of sp³-hybridized carbons (Fsp3) is 0.500. The summed E-state index contributed by atoms with van der Waals surface area (Å²) in [6.45, 7) is 2.66. The lowest BCUT2D eigenvalue weighted by Gasteiger charge is -2.23. The molecule has 1 aliphatic carbocycles. The van der Waals surface area contributed by atoms with E-state index in [1.807, 2.05) is 25.1 Å². The van der Waals surface area contributed by atoms with Crippen LogP contribution in [0.15, 0.2) is 18.2 Å². The zero-order valence-electron chi connectivity index (χ0n) is 12.7. The molecule has 1 aromatic carbocycles. The van der Waals surface area contributed by atoms with E-state index in [-0.39, 0.29) is 0 Å². The van der Waals surface area contributed by atoms with Crippen molar-refractivity contribution in [3.05, 3.63) is 18.2 Å². The van der Waals surface area contributed by atoms with E-state index in [2.05, 4.69) is 15.6 Å².